The van der Waals surface area contributed by atoms with Crippen LogP contribution in [0.3, 0.4) is 0 Å². The lowest BCUT2D eigenvalue weighted by molar-refractivity contribution is -0.125. The predicted octanol–water partition coefficient (Wildman–Crippen LogP) is 4.33. The average Bonchev–Trinajstić information content (AvgIpc) is 3.15. The number of amides is 2. The summed E-state index contributed by atoms with van der Waals surface area (Å²) in [6.45, 7) is 1.01. The Morgan fingerprint density at radius 3 is 2.39 bits per heavy atom. The van der Waals surface area contributed by atoms with Crippen LogP contribution in [0.5, 0.6) is 0 Å². The van der Waals surface area contributed by atoms with Crippen LogP contribution in [0.25, 0.3) is 0 Å². The lowest BCUT2D eigenvalue weighted by Gasteiger charge is -2.27. The standard InChI is InChI=1S/C26H26N2O2S/c1-31-22-13-11-19(12-14-22)15-16-27-25(29)24(17-20-7-3-2-4-8-20)28-18-21-9-5-6-10-23(21)26(28)30/h2-14,24H,15-18H2,1H3,(H,27,29)/t24-/m0/s1. The van der Waals surface area contributed by atoms with Crippen LogP contribution < -0.4 is 5.32 Å². The van der Waals surface area contributed by atoms with Crippen molar-refractivity contribution in [3.8, 4) is 0 Å². The van der Waals surface area contributed by atoms with Gasteiger partial charge in [0.05, 0.1) is 0 Å². The SMILES string of the molecule is CSc1ccc(CCNC(=O)[C@H](Cc2ccccc2)N2Cc3ccccc3C2=O)cc1. The second kappa shape index (κ2) is 9.84. The number of nitrogens with zero attached hydrogens (tertiary/aromatic N) is 1. The molecule has 31 heavy (non-hydrogen) atoms. The van der Waals surface area contributed by atoms with Crippen LogP contribution in [0.2, 0.25) is 0 Å². The van der Waals surface area contributed by atoms with Gasteiger partial charge in [0.25, 0.3) is 5.91 Å². The van der Waals surface area contributed by atoms with E-state index in [0.29, 0.717) is 25.1 Å². The molecule has 158 valence electrons. The first-order chi connectivity index (χ1) is 15.2. The molecule has 1 heterocycles. The number of carbonyl (C=O) groups is 2. The quantitative estimate of drug-likeness (QED) is 0.541. The summed E-state index contributed by atoms with van der Waals surface area (Å²) in [5.74, 6) is -0.176. The Kier molecular flexibility index (Phi) is 6.73. The zero-order chi connectivity index (χ0) is 21.6. The summed E-state index contributed by atoms with van der Waals surface area (Å²) in [5.41, 5.74) is 3.90. The number of nitrogens with one attached hydrogen (secondary N) is 1. The Labute approximate surface area is 187 Å². The second-order valence-corrected chi connectivity index (χ2v) is 8.56. The monoisotopic (exact) mass is 430 g/mol. The minimum Gasteiger partial charge on any atom is -0.354 e. The zero-order valence-electron chi connectivity index (χ0n) is 17.6. The zero-order valence-corrected chi connectivity index (χ0v) is 18.4. The average molecular weight is 431 g/mol. The molecule has 0 spiro atoms. The summed E-state index contributed by atoms with van der Waals surface area (Å²) >= 11 is 1.71. The van der Waals surface area contributed by atoms with Gasteiger partial charge in [-0.1, -0.05) is 60.7 Å². The maximum absolute atomic E-state index is 13.2. The summed E-state index contributed by atoms with van der Waals surface area (Å²) in [6, 6.07) is 25.3. The third kappa shape index (κ3) is 5.00. The van der Waals surface area contributed by atoms with Gasteiger partial charge in [0.2, 0.25) is 5.91 Å². The molecule has 2 amide bonds. The van der Waals surface area contributed by atoms with Crippen molar-refractivity contribution >= 4 is 23.6 Å². The van der Waals surface area contributed by atoms with E-state index in [9.17, 15) is 9.59 Å². The Hall–Kier alpha value is -3.05. The normalized spacial score (nSPS) is 13.7. The number of carbonyl (C=O) groups excluding carboxylic acids is 2. The lowest BCUT2D eigenvalue weighted by Crippen LogP contribution is -2.48. The van der Waals surface area contributed by atoms with Crippen LogP contribution in [0.4, 0.5) is 0 Å². The van der Waals surface area contributed by atoms with Gasteiger partial charge in [-0.05, 0) is 47.6 Å². The van der Waals surface area contributed by atoms with Crippen LogP contribution in [0.15, 0.2) is 83.8 Å². The molecule has 4 rings (SSSR count). The van der Waals surface area contributed by atoms with E-state index >= 15 is 0 Å². The van der Waals surface area contributed by atoms with Gasteiger partial charge in [-0.15, -0.1) is 11.8 Å². The van der Waals surface area contributed by atoms with Gasteiger partial charge in [0.1, 0.15) is 6.04 Å². The molecule has 0 saturated heterocycles. The molecule has 1 aliphatic heterocycles. The van der Waals surface area contributed by atoms with E-state index in [-0.39, 0.29) is 11.8 Å². The first-order valence-electron chi connectivity index (χ1n) is 10.5. The summed E-state index contributed by atoms with van der Waals surface area (Å²) < 4.78 is 0. The molecule has 0 aliphatic carbocycles. The minimum absolute atomic E-state index is 0.0701. The summed E-state index contributed by atoms with van der Waals surface area (Å²) in [7, 11) is 0. The maximum Gasteiger partial charge on any atom is 0.255 e. The van der Waals surface area contributed by atoms with E-state index < -0.39 is 6.04 Å². The lowest BCUT2D eigenvalue weighted by atomic mass is 10.0. The van der Waals surface area contributed by atoms with Gasteiger partial charge < -0.3 is 10.2 Å². The molecule has 1 N–H and O–H groups in total. The van der Waals surface area contributed by atoms with Crippen molar-refractivity contribution in [3.05, 3.63) is 101 Å². The van der Waals surface area contributed by atoms with Gasteiger partial charge in [0.15, 0.2) is 0 Å². The number of hydrogen-bond donors (Lipinski definition) is 1. The van der Waals surface area contributed by atoms with Gasteiger partial charge in [-0.2, -0.15) is 0 Å². The number of hydrogen-bond acceptors (Lipinski definition) is 3. The summed E-state index contributed by atoms with van der Waals surface area (Å²) in [6.07, 6.45) is 3.31. The number of thioether (sulfide) groups is 1. The largest absolute Gasteiger partial charge is 0.354 e. The van der Waals surface area contributed by atoms with E-state index in [0.717, 1.165) is 17.5 Å². The van der Waals surface area contributed by atoms with Crippen molar-refractivity contribution in [2.75, 3.05) is 12.8 Å². The van der Waals surface area contributed by atoms with E-state index in [1.54, 1.807) is 16.7 Å². The molecule has 0 unspecified atom stereocenters. The molecular weight excluding hydrogens is 404 g/mol. The topological polar surface area (TPSA) is 49.4 Å². The van der Waals surface area contributed by atoms with E-state index in [1.807, 2.05) is 54.6 Å². The first kappa shape index (κ1) is 21.2. The Balaban J connectivity index is 1.46. The highest BCUT2D eigenvalue weighted by atomic mass is 32.2. The smallest absolute Gasteiger partial charge is 0.255 e. The van der Waals surface area contributed by atoms with Crippen LogP contribution in [0.1, 0.15) is 27.0 Å². The third-order valence-corrected chi connectivity index (χ3v) is 6.42. The predicted molar refractivity (Wildman–Crippen MR) is 125 cm³/mol. The molecule has 0 aromatic heterocycles. The Morgan fingerprint density at radius 2 is 1.68 bits per heavy atom. The van der Waals surface area contributed by atoms with Crippen LogP contribution in [0, 0.1) is 0 Å². The number of rotatable bonds is 8. The van der Waals surface area contributed by atoms with Crippen molar-refractivity contribution in [1.82, 2.24) is 10.2 Å². The fourth-order valence-electron chi connectivity index (χ4n) is 3.95. The van der Waals surface area contributed by atoms with E-state index in [2.05, 4.69) is 35.8 Å². The molecule has 0 radical (unpaired) electrons. The Bertz CT molecular complexity index is 1050. The van der Waals surface area contributed by atoms with E-state index in [1.165, 1.54) is 10.5 Å². The molecule has 3 aromatic carbocycles. The summed E-state index contributed by atoms with van der Waals surface area (Å²) in [5, 5.41) is 3.07. The second-order valence-electron chi connectivity index (χ2n) is 7.68. The Morgan fingerprint density at radius 1 is 0.968 bits per heavy atom. The van der Waals surface area contributed by atoms with Gasteiger partial charge in [-0.25, -0.2) is 0 Å². The molecule has 0 fully saturated rings. The molecule has 0 bridgehead atoms. The molecule has 5 heteroatoms. The highest BCUT2D eigenvalue weighted by molar-refractivity contribution is 7.98. The van der Waals surface area contributed by atoms with Gasteiger partial charge in [-0.3, -0.25) is 9.59 Å². The van der Waals surface area contributed by atoms with Crippen molar-refractivity contribution in [1.29, 1.82) is 0 Å². The molecule has 3 aromatic rings. The number of fused-ring (bicyclic) bond motifs is 1. The van der Waals surface area contributed by atoms with Crippen LogP contribution >= 0.6 is 11.8 Å². The first-order valence-corrected chi connectivity index (χ1v) is 11.7. The van der Waals surface area contributed by atoms with Crippen molar-refractivity contribution < 1.29 is 9.59 Å². The van der Waals surface area contributed by atoms with Crippen LogP contribution in [-0.4, -0.2) is 35.6 Å². The fraction of sp³-hybridized carbons (Fsp3) is 0.231. The van der Waals surface area contributed by atoms with Crippen molar-refractivity contribution in [2.45, 2.75) is 30.3 Å². The van der Waals surface area contributed by atoms with Crippen molar-refractivity contribution in [3.63, 3.8) is 0 Å². The fourth-order valence-corrected chi connectivity index (χ4v) is 4.36. The van der Waals surface area contributed by atoms with Gasteiger partial charge in [0, 0.05) is 30.0 Å². The van der Waals surface area contributed by atoms with E-state index in [4.69, 9.17) is 0 Å². The third-order valence-electron chi connectivity index (χ3n) is 5.67. The molecular formula is C26H26N2O2S. The molecule has 0 saturated carbocycles. The highest BCUT2D eigenvalue weighted by Crippen LogP contribution is 2.26. The molecule has 4 nitrogen and oxygen atoms in total. The summed E-state index contributed by atoms with van der Waals surface area (Å²) in [4.78, 5) is 29.2. The van der Waals surface area contributed by atoms with Crippen LogP contribution in [-0.2, 0) is 24.2 Å². The highest BCUT2D eigenvalue weighted by Gasteiger charge is 2.36. The van der Waals surface area contributed by atoms with Crippen molar-refractivity contribution in [2.24, 2.45) is 0 Å². The maximum atomic E-state index is 13.2. The van der Waals surface area contributed by atoms with Gasteiger partial charge >= 0.3 is 0 Å². The minimum atomic E-state index is -0.541. The molecule has 1 aliphatic rings. The molecule has 1 atom stereocenters. The number of benzene rings is 3.